The molecule has 1 unspecified atom stereocenters. The van der Waals surface area contributed by atoms with Gasteiger partial charge in [0.05, 0.1) is 28.5 Å². The molecule has 5 aromatic rings. The fourth-order valence-electron chi connectivity index (χ4n) is 5.18. The van der Waals surface area contributed by atoms with Crippen molar-refractivity contribution >= 4 is 34.3 Å². The van der Waals surface area contributed by atoms with Gasteiger partial charge in [0.15, 0.2) is 4.80 Å². The molecule has 6 nitrogen and oxygen atoms in total. The third kappa shape index (κ3) is 4.55. The topological polar surface area (TPSA) is 65.6 Å². The highest BCUT2D eigenvalue weighted by molar-refractivity contribution is 7.07. The van der Waals surface area contributed by atoms with Gasteiger partial charge in [-0.3, -0.25) is 9.36 Å². The molecule has 0 aliphatic carbocycles. The van der Waals surface area contributed by atoms with E-state index in [1.54, 1.807) is 18.4 Å². The van der Waals surface area contributed by atoms with Crippen LogP contribution in [-0.2, 0) is 16.1 Å². The van der Waals surface area contributed by atoms with Crippen molar-refractivity contribution in [2.24, 2.45) is 4.99 Å². The maximum absolute atomic E-state index is 14.0. The molecule has 0 bridgehead atoms. The predicted molar refractivity (Wildman–Crippen MR) is 154 cm³/mol. The average Bonchev–Trinajstić information content (AvgIpc) is 3.45. The number of benzene rings is 3. The number of carbonyl (C=O) groups is 1. The molecule has 0 radical (unpaired) electrons. The summed E-state index contributed by atoms with van der Waals surface area (Å²) in [5, 5.41) is 1.07. The van der Waals surface area contributed by atoms with E-state index in [0.717, 1.165) is 28.6 Å². The normalized spacial score (nSPS) is 15.3. The van der Waals surface area contributed by atoms with E-state index in [0.29, 0.717) is 20.6 Å². The van der Waals surface area contributed by atoms with Gasteiger partial charge in [0.25, 0.3) is 5.56 Å². The third-order valence-electron chi connectivity index (χ3n) is 6.93. The third-order valence-corrected chi connectivity index (χ3v) is 7.92. The van der Waals surface area contributed by atoms with Crippen LogP contribution in [0.3, 0.4) is 0 Å². The molecule has 1 aliphatic rings. The molecule has 2 aromatic heterocycles. The summed E-state index contributed by atoms with van der Waals surface area (Å²) >= 11 is 1.34. The Morgan fingerprint density at radius 3 is 2.44 bits per heavy atom. The van der Waals surface area contributed by atoms with E-state index in [-0.39, 0.29) is 12.2 Å². The molecular formula is C32H27N3O3S. The van der Waals surface area contributed by atoms with Crippen molar-refractivity contribution in [1.82, 2.24) is 9.13 Å². The van der Waals surface area contributed by atoms with Gasteiger partial charge in [0.2, 0.25) is 0 Å². The molecule has 3 aromatic carbocycles. The van der Waals surface area contributed by atoms with Crippen molar-refractivity contribution in [2.75, 3.05) is 6.61 Å². The molecule has 1 aliphatic heterocycles. The Kier molecular flexibility index (Phi) is 6.59. The van der Waals surface area contributed by atoms with Gasteiger partial charge < -0.3 is 9.30 Å². The van der Waals surface area contributed by atoms with E-state index < -0.39 is 12.0 Å². The molecular weight excluding hydrogens is 506 g/mol. The van der Waals surface area contributed by atoms with Crippen LogP contribution >= 0.6 is 11.3 Å². The highest BCUT2D eigenvalue weighted by Gasteiger charge is 2.33. The zero-order valence-corrected chi connectivity index (χ0v) is 22.5. The second kappa shape index (κ2) is 10.3. The zero-order valence-electron chi connectivity index (χ0n) is 21.7. The number of aromatic nitrogens is 2. The lowest BCUT2D eigenvalue weighted by atomic mass is 9.96. The Hall–Kier alpha value is -4.49. The number of hydrogen-bond donors (Lipinski definition) is 0. The van der Waals surface area contributed by atoms with Crippen LogP contribution in [0.5, 0.6) is 0 Å². The summed E-state index contributed by atoms with van der Waals surface area (Å²) in [5.74, 6) is -0.453. The number of nitrogens with zero attached hydrogens (tertiary/aromatic N) is 3. The molecule has 0 N–H and O–H groups in total. The van der Waals surface area contributed by atoms with E-state index in [9.17, 15) is 9.59 Å². The summed E-state index contributed by atoms with van der Waals surface area (Å²) in [6.45, 7) is 4.55. The number of allylic oxidation sites excluding steroid dienone is 1. The largest absolute Gasteiger partial charge is 0.463 e. The van der Waals surface area contributed by atoms with Gasteiger partial charge >= 0.3 is 5.97 Å². The Morgan fingerprint density at radius 2 is 1.69 bits per heavy atom. The van der Waals surface area contributed by atoms with Crippen LogP contribution in [0.4, 0.5) is 0 Å². The van der Waals surface area contributed by atoms with Crippen LogP contribution < -0.4 is 14.9 Å². The van der Waals surface area contributed by atoms with Gasteiger partial charge in [-0.25, -0.2) is 9.79 Å². The molecule has 6 rings (SSSR count). The lowest BCUT2D eigenvalue weighted by molar-refractivity contribution is -0.139. The highest BCUT2D eigenvalue weighted by Crippen LogP contribution is 2.30. The standard InChI is InChI=1S/C32H27N3O3S/c1-3-38-31(37)28-21(2)33-32-35(29(28)23-14-8-5-9-15-23)30(36)27(39-32)18-24-20-34(19-22-12-6-4-7-13-22)26-17-11-10-16-25(24)26/h4-18,20,29H,3,19H2,1-2H3/b27-18-. The fourth-order valence-corrected chi connectivity index (χ4v) is 6.22. The number of fused-ring (bicyclic) bond motifs is 2. The molecule has 0 saturated heterocycles. The monoisotopic (exact) mass is 533 g/mol. The first-order valence-electron chi connectivity index (χ1n) is 12.9. The Morgan fingerprint density at radius 1 is 1.00 bits per heavy atom. The minimum absolute atomic E-state index is 0.179. The zero-order chi connectivity index (χ0) is 26.9. The van der Waals surface area contributed by atoms with E-state index in [4.69, 9.17) is 4.74 Å². The van der Waals surface area contributed by atoms with Crippen molar-refractivity contribution in [1.29, 1.82) is 0 Å². The van der Waals surface area contributed by atoms with Crippen molar-refractivity contribution in [3.8, 4) is 0 Å². The Bertz CT molecular complexity index is 1900. The molecule has 194 valence electrons. The number of esters is 1. The molecule has 0 saturated carbocycles. The lowest BCUT2D eigenvalue weighted by Gasteiger charge is -2.24. The number of thiazole rings is 1. The number of para-hydroxylation sites is 1. The van der Waals surface area contributed by atoms with Crippen LogP contribution in [0.2, 0.25) is 0 Å². The second-order valence-electron chi connectivity index (χ2n) is 9.43. The summed E-state index contributed by atoms with van der Waals surface area (Å²) in [6, 6.07) is 27.5. The summed E-state index contributed by atoms with van der Waals surface area (Å²) in [6.07, 6.45) is 4.04. The molecule has 7 heteroatoms. The van der Waals surface area contributed by atoms with Crippen molar-refractivity contribution in [3.63, 3.8) is 0 Å². The minimum atomic E-state index is -0.608. The average molecular weight is 534 g/mol. The lowest BCUT2D eigenvalue weighted by Crippen LogP contribution is -2.39. The van der Waals surface area contributed by atoms with E-state index in [1.165, 1.54) is 16.9 Å². The molecule has 1 atom stereocenters. The van der Waals surface area contributed by atoms with Crippen molar-refractivity contribution < 1.29 is 9.53 Å². The van der Waals surface area contributed by atoms with Gasteiger partial charge in [-0.1, -0.05) is 90.2 Å². The van der Waals surface area contributed by atoms with Crippen LogP contribution in [0.15, 0.2) is 112 Å². The first-order chi connectivity index (χ1) is 19.0. The van der Waals surface area contributed by atoms with Crippen LogP contribution in [-0.4, -0.2) is 21.7 Å². The SMILES string of the molecule is CCOC(=O)C1=C(C)N=c2s/c(=C\c3cn(Cc4ccccc4)c4ccccc34)c(=O)n2C1c1ccccc1. The number of rotatable bonds is 6. The molecule has 39 heavy (non-hydrogen) atoms. The Labute approximate surface area is 229 Å². The van der Waals surface area contributed by atoms with E-state index in [2.05, 4.69) is 40.0 Å². The van der Waals surface area contributed by atoms with Gasteiger partial charge in [-0.05, 0) is 37.1 Å². The van der Waals surface area contributed by atoms with Gasteiger partial charge in [-0.15, -0.1) is 0 Å². The molecule has 0 fully saturated rings. The molecule has 0 amide bonds. The van der Waals surface area contributed by atoms with Crippen LogP contribution in [0.1, 0.15) is 36.6 Å². The number of ether oxygens (including phenoxy) is 1. The van der Waals surface area contributed by atoms with Gasteiger partial charge in [0.1, 0.15) is 0 Å². The number of hydrogen-bond acceptors (Lipinski definition) is 5. The van der Waals surface area contributed by atoms with Crippen LogP contribution in [0.25, 0.3) is 17.0 Å². The predicted octanol–water partition coefficient (Wildman–Crippen LogP) is 4.80. The second-order valence-corrected chi connectivity index (χ2v) is 10.4. The Balaban J connectivity index is 1.52. The first-order valence-corrected chi connectivity index (χ1v) is 13.7. The minimum Gasteiger partial charge on any atom is -0.463 e. The van der Waals surface area contributed by atoms with Crippen molar-refractivity contribution in [2.45, 2.75) is 26.4 Å². The maximum atomic E-state index is 14.0. The smallest absolute Gasteiger partial charge is 0.338 e. The summed E-state index contributed by atoms with van der Waals surface area (Å²) in [4.78, 5) is 32.3. The summed E-state index contributed by atoms with van der Waals surface area (Å²) in [7, 11) is 0. The first kappa shape index (κ1) is 24.8. The van der Waals surface area contributed by atoms with E-state index in [1.807, 2.05) is 66.7 Å². The highest BCUT2D eigenvalue weighted by atomic mass is 32.1. The quantitative estimate of drug-likeness (QED) is 0.295. The van der Waals surface area contributed by atoms with E-state index >= 15 is 0 Å². The summed E-state index contributed by atoms with van der Waals surface area (Å²) < 4.78 is 9.79. The summed E-state index contributed by atoms with van der Waals surface area (Å²) in [5.41, 5.74) is 4.88. The maximum Gasteiger partial charge on any atom is 0.338 e. The van der Waals surface area contributed by atoms with Gasteiger partial charge in [0, 0.05) is 29.2 Å². The van der Waals surface area contributed by atoms with Gasteiger partial charge in [-0.2, -0.15) is 0 Å². The van der Waals surface area contributed by atoms with Crippen LogP contribution in [0, 0.1) is 0 Å². The fraction of sp³-hybridized carbons (Fsp3) is 0.156. The molecule has 0 spiro atoms. The number of carbonyl (C=O) groups excluding carboxylic acids is 1. The van der Waals surface area contributed by atoms with Crippen molar-refractivity contribution in [3.05, 3.63) is 139 Å². The molecule has 3 heterocycles.